The number of aromatic nitrogens is 2. The molecule has 1 heterocycles. The van der Waals surface area contributed by atoms with Gasteiger partial charge in [-0.1, -0.05) is 37.3 Å². The summed E-state index contributed by atoms with van der Waals surface area (Å²) in [7, 11) is 2.84. The van der Waals surface area contributed by atoms with Crippen molar-refractivity contribution in [2.24, 2.45) is 0 Å². The number of nitrogens with one attached hydrogen (secondary N) is 1. The molecule has 6 nitrogen and oxygen atoms in total. The normalized spacial score (nSPS) is 10.6. The lowest BCUT2D eigenvalue weighted by Crippen LogP contribution is -2.19. The summed E-state index contributed by atoms with van der Waals surface area (Å²) in [5, 5.41) is 3.16. The third kappa shape index (κ3) is 4.14. The van der Waals surface area contributed by atoms with E-state index in [0.29, 0.717) is 24.6 Å². The Hall–Kier alpha value is -3.35. The van der Waals surface area contributed by atoms with Crippen LogP contribution < -0.4 is 20.3 Å². The maximum Gasteiger partial charge on any atom is 0.316 e. The maximum absolute atomic E-state index is 14.0. The third-order valence-electron chi connectivity index (χ3n) is 4.38. The van der Waals surface area contributed by atoms with E-state index >= 15 is 0 Å². The van der Waals surface area contributed by atoms with Gasteiger partial charge in [-0.2, -0.15) is 4.98 Å². The first-order valence-corrected chi connectivity index (χ1v) is 8.88. The Morgan fingerprint density at radius 3 is 2.46 bits per heavy atom. The standard InChI is InChI=1S/C21H22FN3O3/c1-4-15-10-16(22)18(27-2)11-17(15)23-21-24-20(26)19(28-3)13-25(21)12-14-8-6-5-7-9-14/h5-11,13H,4,12H2,1-3H3,(H,23,24,26). The van der Waals surface area contributed by atoms with E-state index in [1.165, 1.54) is 20.3 Å². The van der Waals surface area contributed by atoms with Crippen LogP contribution >= 0.6 is 0 Å². The highest BCUT2D eigenvalue weighted by Crippen LogP contribution is 2.29. The van der Waals surface area contributed by atoms with Crippen LogP contribution in [0.2, 0.25) is 0 Å². The van der Waals surface area contributed by atoms with E-state index < -0.39 is 11.4 Å². The topological polar surface area (TPSA) is 65.4 Å². The van der Waals surface area contributed by atoms with Crippen molar-refractivity contribution >= 4 is 11.6 Å². The van der Waals surface area contributed by atoms with Crippen molar-refractivity contribution < 1.29 is 13.9 Å². The fourth-order valence-electron chi connectivity index (χ4n) is 2.89. The minimum absolute atomic E-state index is 0.116. The summed E-state index contributed by atoms with van der Waals surface area (Å²) in [6.07, 6.45) is 2.21. The molecular formula is C21H22FN3O3. The number of methoxy groups -OCH3 is 2. The lowest BCUT2D eigenvalue weighted by molar-refractivity contribution is 0.386. The van der Waals surface area contributed by atoms with Gasteiger partial charge < -0.3 is 19.4 Å². The van der Waals surface area contributed by atoms with Gasteiger partial charge in [0, 0.05) is 11.8 Å². The Morgan fingerprint density at radius 2 is 1.82 bits per heavy atom. The Morgan fingerprint density at radius 1 is 1.11 bits per heavy atom. The molecule has 28 heavy (non-hydrogen) atoms. The Kier molecular flexibility index (Phi) is 5.93. The summed E-state index contributed by atoms with van der Waals surface area (Å²) in [4.78, 5) is 16.3. The van der Waals surface area contributed by atoms with Crippen molar-refractivity contribution in [3.63, 3.8) is 0 Å². The number of nitrogens with zero attached hydrogens (tertiary/aromatic N) is 2. The second-order valence-electron chi connectivity index (χ2n) is 6.17. The SMILES string of the molecule is CCc1cc(F)c(OC)cc1Nc1nc(=O)c(OC)cn1Cc1ccccc1. The molecule has 0 spiro atoms. The molecule has 2 aromatic carbocycles. The lowest BCUT2D eigenvalue weighted by atomic mass is 10.1. The average molecular weight is 383 g/mol. The number of aryl methyl sites for hydroxylation is 1. The molecule has 0 aliphatic heterocycles. The predicted octanol–water partition coefficient (Wildman–Crippen LogP) is 3.75. The molecule has 146 valence electrons. The summed E-state index contributed by atoms with van der Waals surface area (Å²) in [5.41, 5.74) is 1.92. The number of rotatable bonds is 7. The number of benzene rings is 2. The quantitative estimate of drug-likeness (QED) is 0.673. The molecule has 0 fully saturated rings. The van der Waals surface area contributed by atoms with E-state index in [1.807, 2.05) is 37.3 Å². The molecule has 0 radical (unpaired) electrons. The highest BCUT2D eigenvalue weighted by Gasteiger charge is 2.14. The van der Waals surface area contributed by atoms with Crippen LogP contribution in [0.15, 0.2) is 53.5 Å². The first-order valence-electron chi connectivity index (χ1n) is 8.88. The molecule has 3 rings (SSSR count). The zero-order chi connectivity index (χ0) is 20.1. The molecule has 1 N–H and O–H groups in total. The lowest BCUT2D eigenvalue weighted by Gasteiger charge is -2.17. The van der Waals surface area contributed by atoms with Crippen LogP contribution in [0.3, 0.4) is 0 Å². The minimum atomic E-state index is -0.485. The van der Waals surface area contributed by atoms with Crippen LogP contribution in [0.5, 0.6) is 11.5 Å². The minimum Gasteiger partial charge on any atom is -0.494 e. The molecular weight excluding hydrogens is 361 g/mol. The van der Waals surface area contributed by atoms with Crippen molar-refractivity contribution in [3.05, 3.63) is 76.0 Å². The molecule has 0 saturated carbocycles. The van der Waals surface area contributed by atoms with Gasteiger partial charge in [-0.25, -0.2) is 4.39 Å². The van der Waals surface area contributed by atoms with Crippen molar-refractivity contribution in [1.82, 2.24) is 9.55 Å². The zero-order valence-electron chi connectivity index (χ0n) is 16.0. The first kappa shape index (κ1) is 19.4. The summed E-state index contributed by atoms with van der Waals surface area (Å²) >= 11 is 0. The van der Waals surface area contributed by atoms with Gasteiger partial charge in [-0.3, -0.25) is 4.79 Å². The van der Waals surface area contributed by atoms with Gasteiger partial charge in [0.15, 0.2) is 11.6 Å². The van der Waals surface area contributed by atoms with E-state index in [0.717, 1.165) is 11.1 Å². The van der Waals surface area contributed by atoms with Gasteiger partial charge in [0.25, 0.3) is 0 Å². The zero-order valence-corrected chi connectivity index (χ0v) is 16.0. The van der Waals surface area contributed by atoms with E-state index in [2.05, 4.69) is 10.3 Å². The number of ether oxygens (including phenoxy) is 2. The highest BCUT2D eigenvalue weighted by molar-refractivity contribution is 5.62. The second-order valence-corrected chi connectivity index (χ2v) is 6.17. The van der Waals surface area contributed by atoms with Gasteiger partial charge in [0.05, 0.1) is 27.0 Å². The van der Waals surface area contributed by atoms with Crippen molar-refractivity contribution in [1.29, 1.82) is 0 Å². The molecule has 0 bridgehead atoms. The second kappa shape index (κ2) is 8.56. The fraction of sp³-hybridized carbons (Fsp3) is 0.238. The van der Waals surface area contributed by atoms with E-state index in [4.69, 9.17) is 9.47 Å². The number of anilines is 2. The molecule has 7 heteroatoms. The first-order chi connectivity index (χ1) is 13.5. The van der Waals surface area contributed by atoms with Crippen molar-refractivity contribution in [2.45, 2.75) is 19.9 Å². The summed E-state index contributed by atoms with van der Waals surface area (Å²) in [5.74, 6) is 0.159. The smallest absolute Gasteiger partial charge is 0.316 e. The molecule has 0 aliphatic carbocycles. The van der Waals surface area contributed by atoms with E-state index in [-0.39, 0.29) is 11.5 Å². The van der Waals surface area contributed by atoms with Crippen molar-refractivity contribution in [2.75, 3.05) is 19.5 Å². The molecule has 0 aliphatic rings. The number of hydrogen-bond acceptors (Lipinski definition) is 5. The van der Waals surface area contributed by atoms with Gasteiger partial charge >= 0.3 is 5.56 Å². The van der Waals surface area contributed by atoms with Crippen molar-refractivity contribution in [3.8, 4) is 11.5 Å². The molecule has 3 aromatic rings. The molecule has 1 aromatic heterocycles. The summed E-state index contributed by atoms with van der Waals surface area (Å²) < 4.78 is 26.0. The van der Waals surface area contributed by atoms with Gasteiger partial charge in [0.2, 0.25) is 11.7 Å². The van der Waals surface area contributed by atoms with Crippen LogP contribution in [-0.2, 0) is 13.0 Å². The van der Waals surface area contributed by atoms with Crippen LogP contribution in [0.4, 0.5) is 16.0 Å². The fourth-order valence-corrected chi connectivity index (χ4v) is 2.89. The molecule has 0 saturated heterocycles. The summed E-state index contributed by atoms with van der Waals surface area (Å²) in [6, 6.07) is 12.8. The van der Waals surface area contributed by atoms with Crippen LogP contribution in [0.25, 0.3) is 0 Å². The Labute approximate surface area is 162 Å². The Balaban J connectivity index is 2.06. The van der Waals surface area contributed by atoms with Gasteiger partial charge in [0.1, 0.15) is 0 Å². The predicted molar refractivity (Wildman–Crippen MR) is 106 cm³/mol. The van der Waals surface area contributed by atoms with E-state index in [9.17, 15) is 9.18 Å². The molecule has 0 unspecified atom stereocenters. The molecule has 0 amide bonds. The maximum atomic E-state index is 14.0. The van der Waals surface area contributed by atoms with E-state index in [1.54, 1.807) is 16.8 Å². The average Bonchev–Trinajstić information content (AvgIpc) is 2.71. The Bertz CT molecular complexity index is 1020. The number of halogens is 1. The largest absolute Gasteiger partial charge is 0.494 e. The highest BCUT2D eigenvalue weighted by atomic mass is 19.1. The van der Waals surface area contributed by atoms with Gasteiger partial charge in [-0.05, 0) is 23.6 Å². The van der Waals surface area contributed by atoms with Crippen LogP contribution in [0.1, 0.15) is 18.1 Å². The van der Waals surface area contributed by atoms with Crippen LogP contribution in [0, 0.1) is 5.82 Å². The number of hydrogen-bond donors (Lipinski definition) is 1. The monoisotopic (exact) mass is 383 g/mol. The van der Waals surface area contributed by atoms with Gasteiger partial charge in [-0.15, -0.1) is 0 Å². The third-order valence-corrected chi connectivity index (χ3v) is 4.38. The van der Waals surface area contributed by atoms with Crippen LogP contribution in [-0.4, -0.2) is 23.8 Å². The summed E-state index contributed by atoms with van der Waals surface area (Å²) in [6.45, 7) is 2.40. The molecule has 0 atom stereocenters.